The van der Waals surface area contributed by atoms with Crippen molar-refractivity contribution in [3.8, 4) is 0 Å². The van der Waals surface area contributed by atoms with Crippen molar-refractivity contribution >= 4 is 17.2 Å². The van der Waals surface area contributed by atoms with Crippen LogP contribution in [0.15, 0.2) is 17.5 Å². The van der Waals surface area contributed by atoms with Gasteiger partial charge in [0.25, 0.3) is 0 Å². The third-order valence-electron chi connectivity index (χ3n) is 3.27. The zero-order valence-corrected chi connectivity index (χ0v) is 11.1. The van der Waals surface area contributed by atoms with Crippen molar-refractivity contribution in [3.63, 3.8) is 0 Å². The summed E-state index contributed by atoms with van der Waals surface area (Å²) in [6, 6.07) is 4.14. The maximum atomic E-state index is 12.3. The lowest BCUT2D eigenvalue weighted by molar-refractivity contribution is -0.136. The zero-order valence-electron chi connectivity index (χ0n) is 10.3. The van der Waals surface area contributed by atoms with Crippen LogP contribution in [-0.2, 0) is 11.3 Å². The first-order valence-corrected chi connectivity index (χ1v) is 7.21. The topological polar surface area (TPSA) is 32.3 Å². The average Bonchev–Trinajstić information content (AvgIpc) is 2.89. The molecule has 0 aliphatic carbocycles. The van der Waals surface area contributed by atoms with Crippen molar-refractivity contribution in [1.29, 1.82) is 0 Å². The van der Waals surface area contributed by atoms with Crippen LogP contribution in [0.2, 0.25) is 0 Å². The number of rotatable bonds is 4. The fraction of sp³-hybridized carbons (Fsp3) is 0.615. The van der Waals surface area contributed by atoms with Crippen LogP contribution in [0.3, 0.4) is 0 Å². The number of nitrogens with one attached hydrogen (secondary N) is 1. The average molecular weight is 252 g/mol. The summed E-state index contributed by atoms with van der Waals surface area (Å²) in [5, 5.41) is 5.37. The first-order chi connectivity index (χ1) is 8.31. The molecule has 0 spiro atoms. The van der Waals surface area contributed by atoms with E-state index < -0.39 is 0 Å². The van der Waals surface area contributed by atoms with E-state index in [2.05, 4.69) is 23.7 Å². The number of nitrogens with zero attached hydrogens (tertiary/aromatic N) is 1. The molecule has 2 heterocycles. The smallest absolute Gasteiger partial charge is 0.227 e. The number of hydrogen-bond acceptors (Lipinski definition) is 3. The molecule has 0 radical (unpaired) electrons. The van der Waals surface area contributed by atoms with Gasteiger partial charge in [-0.15, -0.1) is 11.3 Å². The van der Waals surface area contributed by atoms with Crippen molar-refractivity contribution in [2.24, 2.45) is 5.92 Å². The molecule has 0 unspecified atom stereocenters. The Labute approximate surface area is 107 Å². The summed E-state index contributed by atoms with van der Waals surface area (Å²) >= 11 is 1.72. The molecule has 94 valence electrons. The second-order valence-electron chi connectivity index (χ2n) is 4.48. The monoisotopic (exact) mass is 252 g/mol. The molecule has 3 nitrogen and oxygen atoms in total. The van der Waals surface area contributed by atoms with Crippen LogP contribution in [-0.4, -0.2) is 30.4 Å². The summed E-state index contributed by atoms with van der Waals surface area (Å²) in [6.45, 7) is 5.53. The first kappa shape index (κ1) is 12.6. The Hall–Kier alpha value is -0.870. The van der Waals surface area contributed by atoms with Gasteiger partial charge >= 0.3 is 0 Å². The Bertz CT molecular complexity index is 344. The van der Waals surface area contributed by atoms with Crippen LogP contribution in [0, 0.1) is 5.92 Å². The van der Waals surface area contributed by atoms with Gasteiger partial charge in [0.1, 0.15) is 0 Å². The number of carbonyl (C=O) groups is 1. The minimum absolute atomic E-state index is 0.184. The van der Waals surface area contributed by atoms with Gasteiger partial charge in [-0.3, -0.25) is 4.79 Å². The molecule has 1 atom stereocenters. The Morgan fingerprint density at radius 2 is 2.53 bits per heavy atom. The molecule has 4 heteroatoms. The Balaban J connectivity index is 1.94. The Morgan fingerprint density at radius 1 is 1.65 bits per heavy atom. The second-order valence-corrected chi connectivity index (χ2v) is 5.51. The molecule has 1 fully saturated rings. The highest BCUT2D eigenvalue weighted by molar-refractivity contribution is 7.09. The standard InChI is InChI=1S/C13H20N2OS/c1-2-15(10-12-6-4-8-17-12)13(16)11-5-3-7-14-9-11/h4,6,8,11,14H,2-3,5,7,9-10H2,1H3/t11-/m0/s1. The quantitative estimate of drug-likeness (QED) is 0.890. The molecule has 1 saturated heterocycles. The first-order valence-electron chi connectivity index (χ1n) is 6.33. The van der Waals surface area contributed by atoms with E-state index in [9.17, 15) is 4.79 Å². The van der Waals surface area contributed by atoms with E-state index in [1.807, 2.05) is 11.0 Å². The number of thiophene rings is 1. The highest BCUT2D eigenvalue weighted by atomic mass is 32.1. The zero-order chi connectivity index (χ0) is 12.1. The van der Waals surface area contributed by atoms with E-state index in [1.54, 1.807) is 11.3 Å². The fourth-order valence-corrected chi connectivity index (χ4v) is 2.98. The van der Waals surface area contributed by atoms with Crippen molar-refractivity contribution in [2.75, 3.05) is 19.6 Å². The number of piperidine rings is 1. The van der Waals surface area contributed by atoms with Gasteiger partial charge in [0.15, 0.2) is 0 Å². The Kier molecular flexibility index (Phi) is 4.57. The molecule has 0 aromatic carbocycles. The van der Waals surface area contributed by atoms with E-state index in [-0.39, 0.29) is 5.92 Å². The number of carbonyl (C=O) groups excluding carboxylic acids is 1. The number of amides is 1. The predicted molar refractivity (Wildman–Crippen MR) is 71.0 cm³/mol. The van der Waals surface area contributed by atoms with Crippen LogP contribution in [0.25, 0.3) is 0 Å². The van der Waals surface area contributed by atoms with Crippen LogP contribution in [0.1, 0.15) is 24.6 Å². The molecule has 1 aliphatic heterocycles. The molecule has 2 rings (SSSR count). The normalized spacial score (nSPS) is 20.2. The summed E-state index contributed by atoms with van der Waals surface area (Å²) in [5.41, 5.74) is 0. The van der Waals surface area contributed by atoms with Gasteiger partial charge in [-0.1, -0.05) is 6.07 Å². The predicted octanol–water partition coefficient (Wildman–Crippen LogP) is 2.10. The molecule has 1 aromatic heterocycles. The van der Waals surface area contributed by atoms with Gasteiger partial charge in [-0.05, 0) is 37.8 Å². The Morgan fingerprint density at radius 3 is 3.12 bits per heavy atom. The molecule has 1 N–H and O–H groups in total. The maximum absolute atomic E-state index is 12.3. The van der Waals surface area contributed by atoms with E-state index >= 15 is 0 Å². The van der Waals surface area contributed by atoms with Crippen LogP contribution >= 0.6 is 11.3 Å². The van der Waals surface area contributed by atoms with Crippen LogP contribution < -0.4 is 5.32 Å². The lowest BCUT2D eigenvalue weighted by Crippen LogP contribution is -2.42. The molecule has 1 aliphatic rings. The van der Waals surface area contributed by atoms with Gasteiger partial charge in [0.05, 0.1) is 12.5 Å². The highest BCUT2D eigenvalue weighted by Crippen LogP contribution is 2.17. The van der Waals surface area contributed by atoms with E-state index in [4.69, 9.17) is 0 Å². The SMILES string of the molecule is CCN(Cc1cccs1)C(=O)[C@H]1CCCNC1. The molecule has 0 bridgehead atoms. The summed E-state index contributed by atoms with van der Waals surface area (Å²) in [6.07, 6.45) is 2.15. The second kappa shape index (κ2) is 6.17. The lowest BCUT2D eigenvalue weighted by Gasteiger charge is -2.28. The maximum Gasteiger partial charge on any atom is 0.227 e. The van der Waals surface area contributed by atoms with E-state index in [0.717, 1.165) is 39.0 Å². The molecular formula is C13H20N2OS. The molecule has 1 aromatic rings. The molecule has 17 heavy (non-hydrogen) atoms. The number of hydrogen-bond donors (Lipinski definition) is 1. The highest BCUT2D eigenvalue weighted by Gasteiger charge is 2.25. The van der Waals surface area contributed by atoms with Crippen LogP contribution in [0.5, 0.6) is 0 Å². The van der Waals surface area contributed by atoms with Gasteiger partial charge in [-0.2, -0.15) is 0 Å². The van der Waals surface area contributed by atoms with Crippen molar-refractivity contribution < 1.29 is 4.79 Å². The van der Waals surface area contributed by atoms with Crippen LogP contribution in [0.4, 0.5) is 0 Å². The van der Waals surface area contributed by atoms with Gasteiger partial charge < -0.3 is 10.2 Å². The minimum Gasteiger partial charge on any atom is -0.338 e. The summed E-state index contributed by atoms with van der Waals surface area (Å²) < 4.78 is 0. The van der Waals surface area contributed by atoms with E-state index in [0.29, 0.717) is 5.91 Å². The molecule has 1 amide bonds. The van der Waals surface area contributed by atoms with Crippen molar-refractivity contribution in [3.05, 3.63) is 22.4 Å². The lowest BCUT2D eigenvalue weighted by atomic mass is 9.98. The largest absolute Gasteiger partial charge is 0.338 e. The third-order valence-corrected chi connectivity index (χ3v) is 4.13. The van der Waals surface area contributed by atoms with Crippen molar-refractivity contribution in [1.82, 2.24) is 10.2 Å². The summed E-state index contributed by atoms with van der Waals surface area (Å²) in [7, 11) is 0. The molecular weight excluding hydrogens is 232 g/mol. The summed E-state index contributed by atoms with van der Waals surface area (Å²) in [5.74, 6) is 0.497. The van der Waals surface area contributed by atoms with Gasteiger partial charge in [0.2, 0.25) is 5.91 Å². The minimum atomic E-state index is 0.184. The van der Waals surface area contributed by atoms with Crippen molar-refractivity contribution in [2.45, 2.75) is 26.3 Å². The van der Waals surface area contributed by atoms with Gasteiger partial charge in [0, 0.05) is 18.0 Å². The van der Waals surface area contributed by atoms with Gasteiger partial charge in [-0.25, -0.2) is 0 Å². The fourth-order valence-electron chi connectivity index (χ4n) is 2.26. The third kappa shape index (κ3) is 3.30. The molecule has 0 saturated carbocycles. The van der Waals surface area contributed by atoms with E-state index in [1.165, 1.54) is 4.88 Å². The summed E-state index contributed by atoms with van der Waals surface area (Å²) in [4.78, 5) is 15.6.